The molecule has 0 rings (SSSR count). The van der Waals surface area contributed by atoms with E-state index >= 15 is 0 Å². The van der Waals surface area contributed by atoms with Crippen LogP contribution in [0.25, 0.3) is 0 Å². The lowest BCUT2D eigenvalue weighted by Gasteiger charge is -2.20. The van der Waals surface area contributed by atoms with Crippen molar-refractivity contribution in [2.24, 2.45) is 17.8 Å². The van der Waals surface area contributed by atoms with E-state index in [2.05, 4.69) is 34.6 Å². The van der Waals surface area contributed by atoms with Crippen LogP contribution in [-0.4, -0.2) is 12.6 Å². The number of hydrogen-bond acceptors (Lipinski definition) is 2. The van der Waals surface area contributed by atoms with E-state index in [1.165, 1.54) is 64.2 Å². The topological polar surface area (TPSA) is 26.3 Å². The van der Waals surface area contributed by atoms with Gasteiger partial charge in [0.25, 0.3) is 0 Å². The Kier molecular flexibility index (Phi) is 15.6. The van der Waals surface area contributed by atoms with Crippen LogP contribution in [0.2, 0.25) is 0 Å². The maximum absolute atomic E-state index is 11.9. The quantitative estimate of drug-likeness (QED) is 0.220. The first-order valence-electron chi connectivity index (χ1n) is 10.6. The summed E-state index contributed by atoms with van der Waals surface area (Å²) in [5.74, 6) is 2.13. The molecule has 2 heteroatoms. The molecule has 0 saturated heterocycles. The Balaban J connectivity index is 3.72. The standard InChI is InChI=1S/C22H44O2/c1-6-13-20(5)17-21(14-7-2)18-24-22(23)16-12-10-8-9-11-15-19(3)4/h19-21H,6-18H2,1-5H3. The van der Waals surface area contributed by atoms with Crippen molar-refractivity contribution in [1.29, 1.82) is 0 Å². The van der Waals surface area contributed by atoms with Gasteiger partial charge in [0.05, 0.1) is 6.61 Å². The van der Waals surface area contributed by atoms with Crippen molar-refractivity contribution in [2.45, 2.75) is 112 Å². The molecule has 0 aromatic rings. The third kappa shape index (κ3) is 15.0. The summed E-state index contributed by atoms with van der Waals surface area (Å²) >= 11 is 0. The smallest absolute Gasteiger partial charge is 0.305 e. The molecule has 144 valence electrons. The van der Waals surface area contributed by atoms with Crippen molar-refractivity contribution < 1.29 is 9.53 Å². The molecule has 2 unspecified atom stereocenters. The molecule has 0 amide bonds. The maximum atomic E-state index is 11.9. The van der Waals surface area contributed by atoms with Gasteiger partial charge in [-0.3, -0.25) is 4.79 Å². The Labute approximate surface area is 152 Å². The lowest BCUT2D eigenvalue weighted by Crippen LogP contribution is -2.16. The van der Waals surface area contributed by atoms with Crippen LogP contribution in [0.15, 0.2) is 0 Å². The van der Waals surface area contributed by atoms with Crippen LogP contribution in [-0.2, 0) is 9.53 Å². The van der Waals surface area contributed by atoms with Crippen LogP contribution in [0.3, 0.4) is 0 Å². The van der Waals surface area contributed by atoms with Crippen molar-refractivity contribution in [2.75, 3.05) is 6.61 Å². The fourth-order valence-corrected chi connectivity index (χ4v) is 3.49. The Morgan fingerprint density at radius 2 is 1.46 bits per heavy atom. The van der Waals surface area contributed by atoms with Crippen LogP contribution in [0.4, 0.5) is 0 Å². The Morgan fingerprint density at radius 1 is 0.833 bits per heavy atom. The van der Waals surface area contributed by atoms with Crippen molar-refractivity contribution in [3.05, 3.63) is 0 Å². The first kappa shape index (κ1) is 23.5. The van der Waals surface area contributed by atoms with Gasteiger partial charge in [-0.2, -0.15) is 0 Å². The molecule has 0 N–H and O–H groups in total. The fourth-order valence-electron chi connectivity index (χ4n) is 3.49. The summed E-state index contributed by atoms with van der Waals surface area (Å²) in [4.78, 5) is 11.9. The average Bonchev–Trinajstić information content (AvgIpc) is 2.51. The van der Waals surface area contributed by atoms with E-state index in [0.29, 0.717) is 18.9 Å². The van der Waals surface area contributed by atoms with Gasteiger partial charge in [0.1, 0.15) is 0 Å². The highest BCUT2D eigenvalue weighted by Crippen LogP contribution is 2.21. The van der Waals surface area contributed by atoms with Crippen LogP contribution >= 0.6 is 0 Å². The second-order valence-electron chi connectivity index (χ2n) is 8.17. The van der Waals surface area contributed by atoms with Gasteiger partial charge in [0.15, 0.2) is 0 Å². The molecule has 24 heavy (non-hydrogen) atoms. The van der Waals surface area contributed by atoms with E-state index < -0.39 is 0 Å². The molecule has 0 aromatic carbocycles. The van der Waals surface area contributed by atoms with Crippen LogP contribution in [0, 0.1) is 17.8 Å². The second-order valence-corrected chi connectivity index (χ2v) is 8.17. The molecule has 2 nitrogen and oxygen atoms in total. The predicted molar refractivity (Wildman–Crippen MR) is 105 cm³/mol. The first-order valence-corrected chi connectivity index (χ1v) is 10.6. The highest BCUT2D eigenvalue weighted by Gasteiger charge is 2.14. The molecule has 0 bridgehead atoms. The SMILES string of the molecule is CCCC(C)CC(CCC)COC(=O)CCCCCCCC(C)C. The highest BCUT2D eigenvalue weighted by atomic mass is 16.5. The first-order chi connectivity index (χ1) is 11.5. The second kappa shape index (κ2) is 16.0. The minimum atomic E-state index is 0.0152. The summed E-state index contributed by atoms with van der Waals surface area (Å²) in [6.45, 7) is 12.0. The normalized spacial score (nSPS) is 13.9. The fraction of sp³-hybridized carbons (Fsp3) is 0.955. The zero-order chi connectivity index (χ0) is 18.2. The van der Waals surface area contributed by atoms with Crippen LogP contribution in [0.1, 0.15) is 112 Å². The van der Waals surface area contributed by atoms with Gasteiger partial charge < -0.3 is 4.74 Å². The number of carbonyl (C=O) groups excluding carboxylic acids is 1. The van der Waals surface area contributed by atoms with Gasteiger partial charge in [0.2, 0.25) is 0 Å². The van der Waals surface area contributed by atoms with Gasteiger partial charge in [-0.25, -0.2) is 0 Å². The van der Waals surface area contributed by atoms with Crippen LogP contribution in [0.5, 0.6) is 0 Å². The van der Waals surface area contributed by atoms with Gasteiger partial charge in [-0.05, 0) is 37.0 Å². The van der Waals surface area contributed by atoms with E-state index in [1.807, 2.05) is 0 Å². The van der Waals surface area contributed by atoms with E-state index in [1.54, 1.807) is 0 Å². The Morgan fingerprint density at radius 3 is 2.08 bits per heavy atom. The van der Waals surface area contributed by atoms with Gasteiger partial charge in [-0.1, -0.05) is 86.0 Å². The predicted octanol–water partition coefficient (Wildman–Crippen LogP) is 7.16. The minimum absolute atomic E-state index is 0.0152. The third-order valence-corrected chi connectivity index (χ3v) is 4.86. The summed E-state index contributed by atoms with van der Waals surface area (Å²) in [5.41, 5.74) is 0. The average molecular weight is 341 g/mol. The number of rotatable bonds is 16. The Bertz CT molecular complexity index is 286. The molecule has 0 aliphatic heterocycles. The monoisotopic (exact) mass is 340 g/mol. The molecule has 0 saturated carbocycles. The number of hydrogen-bond donors (Lipinski definition) is 0. The summed E-state index contributed by atoms with van der Waals surface area (Å²) in [6.07, 6.45) is 14.1. The van der Waals surface area contributed by atoms with Crippen molar-refractivity contribution >= 4 is 5.97 Å². The van der Waals surface area contributed by atoms with E-state index in [4.69, 9.17) is 4.74 Å². The number of esters is 1. The summed E-state index contributed by atoms with van der Waals surface area (Å²) in [6, 6.07) is 0. The van der Waals surface area contributed by atoms with Gasteiger partial charge in [-0.15, -0.1) is 0 Å². The summed E-state index contributed by atoms with van der Waals surface area (Å²) in [7, 11) is 0. The van der Waals surface area contributed by atoms with E-state index in [-0.39, 0.29) is 5.97 Å². The summed E-state index contributed by atoms with van der Waals surface area (Å²) < 4.78 is 5.56. The van der Waals surface area contributed by atoms with Crippen molar-refractivity contribution in [1.82, 2.24) is 0 Å². The number of unbranched alkanes of at least 4 members (excludes halogenated alkanes) is 4. The molecular weight excluding hydrogens is 296 g/mol. The van der Waals surface area contributed by atoms with Gasteiger partial charge in [0, 0.05) is 6.42 Å². The zero-order valence-electron chi connectivity index (χ0n) is 17.2. The van der Waals surface area contributed by atoms with Crippen molar-refractivity contribution in [3.8, 4) is 0 Å². The lowest BCUT2D eigenvalue weighted by molar-refractivity contribution is -0.145. The van der Waals surface area contributed by atoms with Crippen LogP contribution < -0.4 is 0 Å². The van der Waals surface area contributed by atoms with Gasteiger partial charge >= 0.3 is 5.97 Å². The molecule has 0 aromatic heterocycles. The minimum Gasteiger partial charge on any atom is -0.465 e. The number of carbonyl (C=O) groups is 1. The third-order valence-electron chi connectivity index (χ3n) is 4.86. The van der Waals surface area contributed by atoms with E-state index in [0.717, 1.165) is 18.3 Å². The highest BCUT2D eigenvalue weighted by molar-refractivity contribution is 5.69. The van der Waals surface area contributed by atoms with Crippen molar-refractivity contribution in [3.63, 3.8) is 0 Å². The maximum Gasteiger partial charge on any atom is 0.305 e. The summed E-state index contributed by atoms with van der Waals surface area (Å²) in [5, 5.41) is 0. The zero-order valence-corrected chi connectivity index (χ0v) is 17.2. The molecule has 0 aliphatic rings. The molecule has 0 heterocycles. The molecule has 2 atom stereocenters. The number of ether oxygens (including phenoxy) is 1. The molecule has 0 spiro atoms. The van der Waals surface area contributed by atoms with E-state index in [9.17, 15) is 4.79 Å². The molecule has 0 aliphatic carbocycles. The molecule has 0 fully saturated rings. The Hall–Kier alpha value is -0.530. The molecular formula is C22H44O2. The lowest BCUT2D eigenvalue weighted by atomic mass is 9.90. The largest absolute Gasteiger partial charge is 0.465 e. The molecule has 0 radical (unpaired) electrons.